The van der Waals surface area contributed by atoms with Crippen LogP contribution in [0, 0.1) is 6.92 Å². The normalized spacial score (nSPS) is 13.7. The van der Waals surface area contributed by atoms with Gasteiger partial charge >= 0.3 is 0 Å². The molecule has 152 valence electrons. The fourth-order valence-electron chi connectivity index (χ4n) is 3.07. The van der Waals surface area contributed by atoms with Gasteiger partial charge in [-0.1, -0.05) is 78.4 Å². The molecule has 0 bridgehead atoms. The lowest BCUT2D eigenvalue weighted by atomic mass is 10.0. The third-order valence-electron chi connectivity index (χ3n) is 4.73. The van der Waals surface area contributed by atoms with Gasteiger partial charge in [0.25, 0.3) is 0 Å². The minimum Gasteiger partial charge on any atom is -0.390 e. The first kappa shape index (κ1) is 21.2. The molecule has 3 N–H and O–H groups in total. The summed E-state index contributed by atoms with van der Waals surface area (Å²) < 4.78 is 27.6. The van der Waals surface area contributed by atoms with Crippen LogP contribution >= 0.6 is 0 Å². The molecular weight excluding hydrogens is 384 g/mol. The van der Waals surface area contributed by atoms with Gasteiger partial charge in [0.2, 0.25) is 10.0 Å². The lowest BCUT2D eigenvalue weighted by Crippen LogP contribution is -2.40. The zero-order valence-electron chi connectivity index (χ0n) is 16.3. The summed E-state index contributed by atoms with van der Waals surface area (Å²) in [7, 11) is -3.69. The zero-order chi connectivity index (χ0) is 20.7. The quantitative estimate of drug-likeness (QED) is 0.506. The van der Waals surface area contributed by atoms with E-state index in [0.717, 1.165) is 16.7 Å². The van der Waals surface area contributed by atoms with Crippen molar-refractivity contribution in [3.05, 3.63) is 102 Å². The van der Waals surface area contributed by atoms with Crippen LogP contribution in [0.5, 0.6) is 0 Å². The lowest BCUT2D eigenvalue weighted by molar-refractivity contribution is 0.130. The predicted molar refractivity (Wildman–Crippen MR) is 115 cm³/mol. The largest absolute Gasteiger partial charge is 0.390 e. The minimum atomic E-state index is -3.69. The van der Waals surface area contributed by atoms with E-state index in [2.05, 4.69) is 10.0 Å². The Kier molecular flexibility index (Phi) is 7.17. The van der Waals surface area contributed by atoms with Crippen LogP contribution in [-0.2, 0) is 16.6 Å². The maximum atomic E-state index is 12.5. The molecule has 5 nitrogen and oxygen atoms in total. The average Bonchev–Trinajstić information content (AvgIpc) is 2.74. The smallest absolute Gasteiger partial charge is 0.240 e. The van der Waals surface area contributed by atoms with Gasteiger partial charge in [-0.3, -0.25) is 0 Å². The maximum Gasteiger partial charge on any atom is 0.240 e. The van der Waals surface area contributed by atoms with E-state index >= 15 is 0 Å². The number of aryl methyl sites for hydroxylation is 1. The molecule has 0 aliphatic carbocycles. The van der Waals surface area contributed by atoms with Crippen molar-refractivity contribution in [1.29, 1.82) is 0 Å². The number of aliphatic hydroxyl groups is 1. The van der Waals surface area contributed by atoms with E-state index in [4.69, 9.17) is 0 Å². The molecule has 0 heterocycles. The summed E-state index contributed by atoms with van der Waals surface area (Å²) in [5.41, 5.74) is 2.96. The molecule has 3 aromatic carbocycles. The van der Waals surface area contributed by atoms with Crippen LogP contribution in [-0.4, -0.2) is 26.2 Å². The third kappa shape index (κ3) is 5.98. The molecule has 0 amide bonds. The van der Waals surface area contributed by atoms with Crippen LogP contribution in [0.3, 0.4) is 0 Å². The van der Waals surface area contributed by atoms with Gasteiger partial charge < -0.3 is 10.4 Å². The lowest BCUT2D eigenvalue weighted by Gasteiger charge is -2.25. The molecular formula is C23H26N2O3S. The number of rotatable bonds is 9. The number of hydrogen-bond donors (Lipinski definition) is 3. The standard InChI is InChI=1S/C23H26N2O3S/c1-18-12-14-21(15-13-18)29(27,28)25-17-22(26)23(20-10-6-3-7-11-20)24-16-19-8-4-2-5-9-19/h2-15,22-26H,16-17H2,1H3. The topological polar surface area (TPSA) is 78.4 Å². The number of sulfonamides is 1. The van der Waals surface area contributed by atoms with Crippen LogP contribution < -0.4 is 10.0 Å². The fourth-order valence-corrected chi connectivity index (χ4v) is 4.13. The van der Waals surface area contributed by atoms with Crippen LogP contribution in [0.1, 0.15) is 22.7 Å². The summed E-state index contributed by atoms with van der Waals surface area (Å²) in [6, 6.07) is 25.6. The van der Waals surface area contributed by atoms with Gasteiger partial charge in [0.1, 0.15) is 0 Å². The van der Waals surface area contributed by atoms with E-state index in [-0.39, 0.29) is 11.4 Å². The molecule has 29 heavy (non-hydrogen) atoms. The van der Waals surface area contributed by atoms with E-state index in [1.807, 2.05) is 67.6 Å². The third-order valence-corrected chi connectivity index (χ3v) is 6.17. The van der Waals surface area contributed by atoms with E-state index in [1.165, 1.54) is 0 Å². The van der Waals surface area contributed by atoms with Crippen molar-refractivity contribution in [3.8, 4) is 0 Å². The molecule has 2 unspecified atom stereocenters. The summed E-state index contributed by atoms with van der Waals surface area (Å²) in [4.78, 5) is 0.184. The molecule has 0 spiro atoms. The fraction of sp³-hybridized carbons (Fsp3) is 0.217. The van der Waals surface area contributed by atoms with E-state index in [0.29, 0.717) is 6.54 Å². The second kappa shape index (κ2) is 9.80. The summed E-state index contributed by atoms with van der Waals surface area (Å²) in [6.07, 6.45) is -0.943. The van der Waals surface area contributed by atoms with Crippen molar-refractivity contribution < 1.29 is 13.5 Å². The predicted octanol–water partition coefficient (Wildman–Crippen LogP) is 3.17. The van der Waals surface area contributed by atoms with Crippen LogP contribution in [0.2, 0.25) is 0 Å². The second-order valence-corrected chi connectivity index (χ2v) is 8.75. The van der Waals surface area contributed by atoms with Crippen LogP contribution in [0.4, 0.5) is 0 Å². The second-order valence-electron chi connectivity index (χ2n) is 6.99. The molecule has 2 atom stereocenters. The molecule has 0 saturated carbocycles. The van der Waals surface area contributed by atoms with Gasteiger partial charge in [-0.25, -0.2) is 13.1 Å². The zero-order valence-corrected chi connectivity index (χ0v) is 17.1. The molecule has 0 radical (unpaired) electrons. The summed E-state index contributed by atoms with van der Waals surface area (Å²) >= 11 is 0. The first-order chi connectivity index (χ1) is 14.0. The van der Waals surface area contributed by atoms with Gasteiger partial charge in [0.05, 0.1) is 17.0 Å². The van der Waals surface area contributed by atoms with Gasteiger partial charge in [0, 0.05) is 13.1 Å². The Morgan fingerprint density at radius 3 is 2.07 bits per heavy atom. The van der Waals surface area contributed by atoms with Crippen molar-refractivity contribution in [1.82, 2.24) is 10.0 Å². The highest BCUT2D eigenvalue weighted by atomic mass is 32.2. The Morgan fingerprint density at radius 1 is 0.862 bits per heavy atom. The molecule has 3 aromatic rings. The molecule has 0 aliphatic rings. The SMILES string of the molecule is Cc1ccc(S(=O)(=O)NCC(O)C(NCc2ccccc2)c2ccccc2)cc1. The Hall–Kier alpha value is -2.51. The Balaban J connectivity index is 1.70. The maximum absolute atomic E-state index is 12.5. The van der Waals surface area contributed by atoms with Gasteiger partial charge in [0.15, 0.2) is 0 Å². The highest BCUT2D eigenvalue weighted by Crippen LogP contribution is 2.18. The first-order valence-electron chi connectivity index (χ1n) is 9.52. The molecule has 0 fully saturated rings. The Labute approximate surface area is 172 Å². The van der Waals surface area contributed by atoms with Gasteiger partial charge in [-0.15, -0.1) is 0 Å². The summed E-state index contributed by atoms with van der Waals surface area (Å²) in [5, 5.41) is 14.2. The summed E-state index contributed by atoms with van der Waals surface area (Å²) in [5.74, 6) is 0. The molecule has 0 aromatic heterocycles. The number of benzene rings is 3. The van der Waals surface area contributed by atoms with Crippen molar-refractivity contribution >= 4 is 10.0 Å². The van der Waals surface area contributed by atoms with Crippen LogP contribution in [0.15, 0.2) is 89.8 Å². The number of nitrogens with one attached hydrogen (secondary N) is 2. The number of aliphatic hydroxyl groups excluding tert-OH is 1. The highest BCUT2D eigenvalue weighted by molar-refractivity contribution is 7.89. The van der Waals surface area contributed by atoms with Crippen molar-refractivity contribution in [2.45, 2.75) is 30.5 Å². The van der Waals surface area contributed by atoms with Gasteiger partial charge in [-0.05, 0) is 30.2 Å². The average molecular weight is 411 g/mol. The Morgan fingerprint density at radius 2 is 1.45 bits per heavy atom. The highest BCUT2D eigenvalue weighted by Gasteiger charge is 2.23. The van der Waals surface area contributed by atoms with E-state index in [1.54, 1.807) is 24.3 Å². The number of hydrogen-bond acceptors (Lipinski definition) is 4. The van der Waals surface area contributed by atoms with Crippen molar-refractivity contribution in [2.75, 3.05) is 6.54 Å². The van der Waals surface area contributed by atoms with Gasteiger partial charge in [-0.2, -0.15) is 0 Å². The summed E-state index contributed by atoms with van der Waals surface area (Å²) in [6.45, 7) is 2.36. The monoisotopic (exact) mass is 410 g/mol. The van der Waals surface area contributed by atoms with Crippen molar-refractivity contribution in [3.63, 3.8) is 0 Å². The molecule has 0 aliphatic heterocycles. The molecule has 3 rings (SSSR count). The first-order valence-corrected chi connectivity index (χ1v) is 11.0. The molecule has 0 saturated heterocycles. The van der Waals surface area contributed by atoms with E-state index in [9.17, 15) is 13.5 Å². The van der Waals surface area contributed by atoms with Crippen LogP contribution in [0.25, 0.3) is 0 Å². The van der Waals surface area contributed by atoms with E-state index < -0.39 is 22.2 Å². The molecule has 6 heteroatoms. The minimum absolute atomic E-state index is 0.0996. The Bertz CT molecular complexity index is 991. The van der Waals surface area contributed by atoms with Crippen molar-refractivity contribution in [2.24, 2.45) is 0 Å².